The van der Waals surface area contributed by atoms with Gasteiger partial charge in [-0.15, -0.1) is 0 Å². The van der Waals surface area contributed by atoms with Gasteiger partial charge in [0, 0.05) is 60.9 Å². The van der Waals surface area contributed by atoms with Crippen LogP contribution >= 0.6 is 11.6 Å². The minimum absolute atomic E-state index is 0.259. The Kier molecular flexibility index (Phi) is 7.70. The molecule has 1 saturated heterocycles. The van der Waals surface area contributed by atoms with Crippen LogP contribution in [0.15, 0.2) is 42.5 Å². The van der Waals surface area contributed by atoms with E-state index in [1.54, 1.807) is 0 Å². The number of likely N-dealkylation sites (N-methyl/N-ethyl adjacent to an activating group) is 1. The number of ether oxygens (including phenoxy) is 2. The smallest absolute Gasteiger partial charge is 0.410 e. The molecule has 3 heterocycles. The summed E-state index contributed by atoms with van der Waals surface area (Å²) in [5, 5.41) is 1.83. The molecule has 1 N–H and O–H groups in total. The van der Waals surface area contributed by atoms with Crippen LogP contribution in [0, 0.1) is 0 Å². The first-order valence-corrected chi connectivity index (χ1v) is 13.3. The molecular weight excluding hydrogens is 476 g/mol. The molecule has 0 bridgehead atoms. The lowest BCUT2D eigenvalue weighted by atomic mass is 9.92. The second-order valence-electron chi connectivity index (χ2n) is 9.67. The number of amides is 1. The van der Waals surface area contributed by atoms with Gasteiger partial charge in [0.25, 0.3) is 0 Å². The zero-order chi connectivity index (χ0) is 25.1. The van der Waals surface area contributed by atoms with Crippen molar-refractivity contribution in [3.8, 4) is 5.75 Å². The van der Waals surface area contributed by atoms with Gasteiger partial charge >= 0.3 is 6.09 Å². The van der Waals surface area contributed by atoms with Crippen LogP contribution in [-0.2, 0) is 11.2 Å². The van der Waals surface area contributed by atoms with E-state index in [-0.39, 0.29) is 12.1 Å². The van der Waals surface area contributed by atoms with Gasteiger partial charge in [0.1, 0.15) is 11.8 Å². The number of carbonyl (C=O) groups excluding carboxylic acids is 1. The largest absolute Gasteiger partial charge is 0.494 e. The molecule has 0 spiro atoms. The molecular formula is C28H35ClN4O3. The summed E-state index contributed by atoms with van der Waals surface area (Å²) in [5.41, 5.74) is 4.28. The van der Waals surface area contributed by atoms with E-state index in [9.17, 15) is 4.79 Å². The molecule has 1 fully saturated rings. The SMILES string of the molecule is CCOC(=O)N1CCc2c([nH]c3ccc(Cl)cc23)C1c1ccc(OCCCN2CCN(C)CC2)cc1. The van der Waals surface area contributed by atoms with Crippen LogP contribution in [0.5, 0.6) is 5.75 Å². The molecule has 8 heteroatoms. The normalized spacial score (nSPS) is 18.9. The third kappa shape index (κ3) is 5.33. The third-order valence-electron chi connectivity index (χ3n) is 7.27. The second-order valence-corrected chi connectivity index (χ2v) is 10.1. The number of aromatic nitrogens is 1. The molecule has 1 unspecified atom stereocenters. The van der Waals surface area contributed by atoms with Crippen LogP contribution in [0.25, 0.3) is 10.9 Å². The predicted octanol–water partition coefficient (Wildman–Crippen LogP) is 4.94. The number of rotatable bonds is 7. The number of H-pyrrole nitrogens is 1. The lowest BCUT2D eigenvalue weighted by Gasteiger charge is -2.35. The van der Waals surface area contributed by atoms with Crippen molar-refractivity contribution in [2.24, 2.45) is 0 Å². The molecule has 2 aromatic carbocycles. The molecule has 0 radical (unpaired) electrons. The highest BCUT2D eigenvalue weighted by Crippen LogP contribution is 2.39. The fourth-order valence-corrected chi connectivity index (χ4v) is 5.48. The van der Waals surface area contributed by atoms with Gasteiger partial charge in [0.15, 0.2) is 0 Å². The molecule has 7 nitrogen and oxygen atoms in total. The lowest BCUT2D eigenvalue weighted by molar-refractivity contribution is 0.0932. The zero-order valence-corrected chi connectivity index (χ0v) is 21.9. The minimum atomic E-state index is -0.297. The Morgan fingerprint density at radius 3 is 2.61 bits per heavy atom. The Hall–Kier alpha value is -2.74. The van der Waals surface area contributed by atoms with Crippen LogP contribution in [0.4, 0.5) is 4.79 Å². The molecule has 2 aliphatic rings. The molecule has 2 aliphatic heterocycles. The Morgan fingerprint density at radius 1 is 1.08 bits per heavy atom. The van der Waals surface area contributed by atoms with Crippen molar-refractivity contribution in [3.05, 3.63) is 64.3 Å². The maximum atomic E-state index is 12.9. The van der Waals surface area contributed by atoms with E-state index in [4.69, 9.17) is 21.1 Å². The highest BCUT2D eigenvalue weighted by molar-refractivity contribution is 6.31. The standard InChI is InChI=1S/C28H35ClN4O3/c1-3-35-28(34)33-13-11-23-24-19-21(29)7-10-25(24)30-26(23)27(33)20-5-8-22(9-6-20)36-18-4-12-32-16-14-31(2)15-17-32/h5-10,19,27,30H,3-4,11-18H2,1-2H3. The van der Waals surface area contributed by atoms with Gasteiger partial charge in [-0.2, -0.15) is 0 Å². The molecule has 1 aromatic heterocycles. The van der Waals surface area contributed by atoms with Crippen molar-refractivity contribution in [2.75, 3.05) is 59.5 Å². The molecule has 36 heavy (non-hydrogen) atoms. The van der Waals surface area contributed by atoms with Gasteiger partial charge in [-0.1, -0.05) is 23.7 Å². The summed E-state index contributed by atoms with van der Waals surface area (Å²) < 4.78 is 11.4. The number of piperazine rings is 1. The maximum absolute atomic E-state index is 12.9. The summed E-state index contributed by atoms with van der Waals surface area (Å²) >= 11 is 6.29. The third-order valence-corrected chi connectivity index (χ3v) is 7.51. The highest BCUT2D eigenvalue weighted by Gasteiger charge is 2.35. The Balaban J connectivity index is 1.31. The van der Waals surface area contributed by atoms with Crippen LogP contribution in [0.2, 0.25) is 5.02 Å². The highest BCUT2D eigenvalue weighted by atomic mass is 35.5. The summed E-state index contributed by atoms with van der Waals surface area (Å²) in [6.45, 7) is 9.06. The van der Waals surface area contributed by atoms with Crippen molar-refractivity contribution < 1.29 is 14.3 Å². The van der Waals surface area contributed by atoms with Crippen molar-refractivity contribution in [1.82, 2.24) is 19.7 Å². The number of nitrogens with zero attached hydrogens (tertiary/aromatic N) is 3. The van der Waals surface area contributed by atoms with Gasteiger partial charge in [-0.05, 0) is 68.3 Å². The van der Waals surface area contributed by atoms with Crippen LogP contribution in [-0.4, -0.2) is 85.3 Å². The summed E-state index contributed by atoms with van der Waals surface area (Å²) in [4.78, 5) is 23.1. The molecule has 0 aliphatic carbocycles. The van der Waals surface area contributed by atoms with E-state index in [1.807, 2.05) is 42.2 Å². The van der Waals surface area contributed by atoms with Crippen molar-refractivity contribution in [3.63, 3.8) is 0 Å². The topological polar surface area (TPSA) is 61.0 Å². The number of fused-ring (bicyclic) bond motifs is 3. The van der Waals surface area contributed by atoms with Crippen LogP contribution in [0.3, 0.4) is 0 Å². The monoisotopic (exact) mass is 510 g/mol. The summed E-state index contributed by atoms with van der Waals surface area (Å²) in [6.07, 6.45) is 1.46. The molecule has 5 rings (SSSR count). The van der Waals surface area contributed by atoms with E-state index >= 15 is 0 Å². The number of halogens is 1. The van der Waals surface area contributed by atoms with Gasteiger partial charge in [-0.3, -0.25) is 4.90 Å². The molecule has 1 atom stereocenters. The molecule has 0 saturated carbocycles. The number of nitrogens with one attached hydrogen (secondary N) is 1. The number of hydrogen-bond acceptors (Lipinski definition) is 5. The fourth-order valence-electron chi connectivity index (χ4n) is 5.31. The van der Waals surface area contributed by atoms with Gasteiger partial charge in [0.05, 0.1) is 13.2 Å². The summed E-state index contributed by atoms with van der Waals surface area (Å²) in [6, 6.07) is 13.7. The average molecular weight is 511 g/mol. The van der Waals surface area contributed by atoms with Gasteiger partial charge in [-0.25, -0.2) is 4.79 Å². The van der Waals surface area contributed by atoms with E-state index in [1.165, 1.54) is 5.56 Å². The number of carbonyl (C=O) groups is 1. The fraction of sp³-hybridized carbons (Fsp3) is 0.464. The quantitative estimate of drug-likeness (QED) is 0.456. The Bertz CT molecular complexity index is 1190. The van der Waals surface area contributed by atoms with Crippen LogP contribution in [0.1, 0.15) is 36.2 Å². The average Bonchev–Trinajstić information content (AvgIpc) is 3.25. The minimum Gasteiger partial charge on any atom is -0.494 e. The number of benzene rings is 2. The van der Waals surface area contributed by atoms with E-state index in [0.717, 1.165) is 73.5 Å². The zero-order valence-electron chi connectivity index (χ0n) is 21.1. The van der Waals surface area contributed by atoms with Crippen LogP contribution < -0.4 is 4.74 Å². The van der Waals surface area contributed by atoms with Crippen molar-refractivity contribution in [1.29, 1.82) is 0 Å². The lowest BCUT2D eigenvalue weighted by Crippen LogP contribution is -2.44. The number of aromatic amines is 1. The van der Waals surface area contributed by atoms with Gasteiger partial charge in [0.2, 0.25) is 0 Å². The van der Waals surface area contributed by atoms with E-state index in [2.05, 4.69) is 34.0 Å². The van der Waals surface area contributed by atoms with Crippen molar-refractivity contribution in [2.45, 2.75) is 25.8 Å². The summed E-state index contributed by atoms with van der Waals surface area (Å²) in [5.74, 6) is 0.847. The maximum Gasteiger partial charge on any atom is 0.410 e. The predicted molar refractivity (Wildman–Crippen MR) is 143 cm³/mol. The molecule has 1 amide bonds. The second kappa shape index (κ2) is 11.1. The molecule has 192 valence electrons. The van der Waals surface area contributed by atoms with E-state index < -0.39 is 0 Å². The van der Waals surface area contributed by atoms with Crippen molar-refractivity contribution >= 4 is 28.6 Å². The Labute approximate surface area is 217 Å². The number of hydrogen-bond donors (Lipinski definition) is 1. The first kappa shape index (κ1) is 24.9. The Morgan fingerprint density at radius 2 is 1.86 bits per heavy atom. The first-order chi connectivity index (χ1) is 17.5. The summed E-state index contributed by atoms with van der Waals surface area (Å²) in [7, 11) is 2.18. The van der Waals surface area contributed by atoms with E-state index in [0.29, 0.717) is 24.8 Å². The molecule has 3 aromatic rings. The first-order valence-electron chi connectivity index (χ1n) is 12.9. The van der Waals surface area contributed by atoms with Gasteiger partial charge < -0.3 is 24.3 Å².